The molecule has 3 rings (SSSR count). The van der Waals surface area contributed by atoms with Gasteiger partial charge >= 0.3 is 5.97 Å². The maximum Gasteiger partial charge on any atom is 0.323 e. The molecule has 0 bridgehead atoms. The van der Waals surface area contributed by atoms with E-state index in [0.29, 0.717) is 6.61 Å². The maximum absolute atomic E-state index is 11.5. The molecule has 1 aromatic heterocycles. The zero-order chi connectivity index (χ0) is 13.9. The highest BCUT2D eigenvalue weighted by molar-refractivity contribution is 5.77. The van der Waals surface area contributed by atoms with Crippen molar-refractivity contribution in [2.75, 3.05) is 6.61 Å². The molecule has 7 heteroatoms. The van der Waals surface area contributed by atoms with Crippen LogP contribution in [-0.2, 0) is 9.53 Å². The number of benzene rings is 1. The van der Waals surface area contributed by atoms with Gasteiger partial charge in [-0.1, -0.05) is 12.1 Å². The van der Waals surface area contributed by atoms with Crippen LogP contribution in [0.4, 0.5) is 0 Å². The molecule has 2 heterocycles. The van der Waals surface area contributed by atoms with Crippen molar-refractivity contribution in [1.82, 2.24) is 25.5 Å². The zero-order valence-corrected chi connectivity index (χ0v) is 11.1. The minimum absolute atomic E-state index is 0.0436. The van der Waals surface area contributed by atoms with Crippen LogP contribution in [0.1, 0.15) is 24.9 Å². The minimum atomic E-state index is -0.221. The summed E-state index contributed by atoms with van der Waals surface area (Å²) in [7, 11) is 0. The molecule has 2 unspecified atom stereocenters. The van der Waals surface area contributed by atoms with Crippen molar-refractivity contribution in [1.29, 1.82) is 0 Å². The van der Waals surface area contributed by atoms with Crippen molar-refractivity contribution in [2.24, 2.45) is 0 Å². The van der Waals surface area contributed by atoms with Gasteiger partial charge in [0.15, 0.2) is 0 Å². The summed E-state index contributed by atoms with van der Waals surface area (Å²) in [6.07, 6.45) is 2.27. The van der Waals surface area contributed by atoms with Gasteiger partial charge in [-0.15, -0.1) is 5.10 Å². The second-order valence-corrected chi connectivity index (χ2v) is 4.75. The first-order chi connectivity index (χ1) is 9.74. The van der Waals surface area contributed by atoms with E-state index in [1.807, 2.05) is 31.2 Å². The van der Waals surface area contributed by atoms with Crippen molar-refractivity contribution in [3.05, 3.63) is 36.2 Å². The number of tetrazole rings is 1. The standard InChI is InChI=1S/C13H15N5O2/c1-9(15-12-5-6-20-13(12)19)10-3-2-4-11(7-10)18-8-14-16-17-18/h2-4,7-9,12,15H,5-6H2,1H3. The van der Waals surface area contributed by atoms with E-state index < -0.39 is 0 Å². The summed E-state index contributed by atoms with van der Waals surface area (Å²) >= 11 is 0. The number of nitrogens with zero attached hydrogens (tertiary/aromatic N) is 4. The Hall–Kier alpha value is -2.28. The number of esters is 1. The Balaban J connectivity index is 1.76. The van der Waals surface area contributed by atoms with E-state index in [1.54, 1.807) is 11.0 Å². The predicted octanol–water partition coefficient (Wildman–Crippen LogP) is 0.628. The normalized spacial score (nSPS) is 19.9. The van der Waals surface area contributed by atoms with E-state index in [1.165, 1.54) is 0 Å². The number of carbonyl (C=O) groups excluding carboxylic acids is 1. The van der Waals surface area contributed by atoms with Crippen molar-refractivity contribution in [2.45, 2.75) is 25.4 Å². The molecule has 20 heavy (non-hydrogen) atoms. The van der Waals surface area contributed by atoms with Gasteiger partial charge in [0.1, 0.15) is 12.4 Å². The maximum atomic E-state index is 11.5. The van der Waals surface area contributed by atoms with E-state index in [4.69, 9.17) is 4.74 Å². The van der Waals surface area contributed by atoms with Crippen molar-refractivity contribution >= 4 is 5.97 Å². The van der Waals surface area contributed by atoms with Gasteiger partial charge in [0.25, 0.3) is 0 Å². The highest BCUT2D eigenvalue weighted by atomic mass is 16.5. The number of aromatic nitrogens is 4. The number of hydrogen-bond donors (Lipinski definition) is 1. The van der Waals surface area contributed by atoms with Gasteiger partial charge in [-0.05, 0) is 35.0 Å². The third-order valence-corrected chi connectivity index (χ3v) is 3.37. The SMILES string of the molecule is CC(NC1CCOC1=O)c1cccc(-n2cnnn2)c1. The molecular formula is C13H15N5O2. The summed E-state index contributed by atoms with van der Waals surface area (Å²) < 4.78 is 6.55. The van der Waals surface area contributed by atoms with E-state index in [2.05, 4.69) is 20.8 Å². The van der Waals surface area contributed by atoms with Crippen LogP contribution < -0.4 is 5.32 Å². The lowest BCUT2D eigenvalue weighted by Crippen LogP contribution is -2.35. The first-order valence-corrected chi connectivity index (χ1v) is 6.50. The van der Waals surface area contributed by atoms with Crippen molar-refractivity contribution < 1.29 is 9.53 Å². The Bertz CT molecular complexity index is 599. The number of carbonyl (C=O) groups is 1. The Morgan fingerprint density at radius 1 is 1.50 bits per heavy atom. The van der Waals surface area contributed by atoms with Crippen LogP contribution in [0.5, 0.6) is 0 Å². The molecule has 0 radical (unpaired) electrons. The largest absolute Gasteiger partial charge is 0.464 e. The summed E-state index contributed by atoms with van der Waals surface area (Å²) in [6, 6.07) is 7.69. The summed E-state index contributed by atoms with van der Waals surface area (Å²) in [4.78, 5) is 11.5. The molecule has 7 nitrogen and oxygen atoms in total. The van der Waals surface area contributed by atoms with Gasteiger partial charge in [-0.2, -0.15) is 0 Å². The van der Waals surface area contributed by atoms with Gasteiger partial charge in [0, 0.05) is 12.5 Å². The molecule has 0 saturated carbocycles. The average molecular weight is 273 g/mol. The van der Waals surface area contributed by atoms with E-state index in [9.17, 15) is 4.79 Å². The monoisotopic (exact) mass is 273 g/mol. The molecular weight excluding hydrogens is 258 g/mol. The van der Waals surface area contributed by atoms with Crippen LogP contribution in [0.3, 0.4) is 0 Å². The molecule has 1 aromatic carbocycles. The number of cyclic esters (lactones) is 1. The molecule has 2 aromatic rings. The van der Waals surface area contributed by atoms with Gasteiger partial charge in [0.2, 0.25) is 0 Å². The summed E-state index contributed by atoms with van der Waals surface area (Å²) in [5.41, 5.74) is 1.95. The average Bonchev–Trinajstić information content (AvgIpc) is 3.12. The van der Waals surface area contributed by atoms with Gasteiger partial charge in [-0.3, -0.25) is 10.1 Å². The van der Waals surface area contributed by atoms with E-state index in [-0.39, 0.29) is 18.1 Å². The summed E-state index contributed by atoms with van der Waals surface area (Å²) in [5, 5.41) is 14.4. The lowest BCUT2D eigenvalue weighted by atomic mass is 10.1. The molecule has 1 saturated heterocycles. The minimum Gasteiger partial charge on any atom is -0.464 e. The number of hydrogen-bond acceptors (Lipinski definition) is 6. The number of rotatable bonds is 4. The first-order valence-electron chi connectivity index (χ1n) is 6.50. The zero-order valence-electron chi connectivity index (χ0n) is 11.1. The summed E-state index contributed by atoms with van der Waals surface area (Å²) in [6.45, 7) is 2.51. The van der Waals surface area contributed by atoms with Gasteiger partial charge in [-0.25, -0.2) is 4.68 Å². The highest BCUT2D eigenvalue weighted by Gasteiger charge is 2.27. The second-order valence-electron chi connectivity index (χ2n) is 4.75. The molecule has 2 atom stereocenters. The van der Waals surface area contributed by atoms with E-state index >= 15 is 0 Å². The van der Waals surface area contributed by atoms with Crippen LogP contribution >= 0.6 is 0 Å². The number of ether oxygens (including phenoxy) is 1. The molecule has 0 aliphatic carbocycles. The Kier molecular flexibility index (Phi) is 3.42. The Morgan fingerprint density at radius 2 is 2.40 bits per heavy atom. The van der Waals surface area contributed by atoms with Crippen LogP contribution in [0.25, 0.3) is 5.69 Å². The molecule has 1 fully saturated rings. The summed E-state index contributed by atoms with van der Waals surface area (Å²) in [5.74, 6) is -0.173. The van der Waals surface area contributed by atoms with Crippen LogP contribution in [0.2, 0.25) is 0 Å². The third kappa shape index (κ3) is 2.53. The predicted molar refractivity (Wildman–Crippen MR) is 70.1 cm³/mol. The molecule has 1 aliphatic rings. The molecule has 0 spiro atoms. The fourth-order valence-electron chi connectivity index (χ4n) is 2.26. The number of nitrogens with one attached hydrogen (secondary N) is 1. The molecule has 104 valence electrons. The third-order valence-electron chi connectivity index (χ3n) is 3.37. The second kappa shape index (κ2) is 5.38. The van der Waals surface area contributed by atoms with Crippen molar-refractivity contribution in [3.63, 3.8) is 0 Å². The quantitative estimate of drug-likeness (QED) is 0.823. The van der Waals surface area contributed by atoms with E-state index in [0.717, 1.165) is 17.7 Å². The van der Waals surface area contributed by atoms with Crippen molar-refractivity contribution in [3.8, 4) is 5.69 Å². The lowest BCUT2D eigenvalue weighted by molar-refractivity contribution is -0.139. The lowest BCUT2D eigenvalue weighted by Gasteiger charge is -2.17. The fourth-order valence-corrected chi connectivity index (χ4v) is 2.26. The molecule has 1 aliphatic heterocycles. The van der Waals surface area contributed by atoms with Gasteiger partial charge < -0.3 is 4.74 Å². The topological polar surface area (TPSA) is 81.9 Å². The highest BCUT2D eigenvalue weighted by Crippen LogP contribution is 2.18. The van der Waals surface area contributed by atoms with Crippen LogP contribution in [0, 0.1) is 0 Å². The first kappa shape index (κ1) is 12.7. The van der Waals surface area contributed by atoms with Gasteiger partial charge in [0.05, 0.1) is 12.3 Å². The fraction of sp³-hybridized carbons (Fsp3) is 0.385. The molecule has 0 amide bonds. The molecule has 1 N–H and O–H groups in total. The van der Waals surface area contributed by atoms with Crippen LogP contribution in [-0.4, -0.2) is 38.8 Å². The Morgan fingerprint density at radius 3 is 3.10 bits per heavy atom. The smallest absolute Gasteiger partial charge is 0.323 e. The Labute approximate surface area is 115 Å². The van der Waals surface area contributed by atoms with Crippen LogP contribution in [0.15, 0.2) is 30.6 Å².